The lowest BCUT2D eigenvalue weighted by Crippen LogP contribution is -2.64. The molecule has 5 rings (SSSR count). The molecule has 0 aromatic heterocycles. The zero-order chi connectivity index (χ0) is 26.2. The normalized spacial score (nSPS) is 22.6. The molecule has 0 heterocycles. The molecule has 3 aliphatic rings. The quantitative estimate of drug-likeness (QED) is 0.150. The fraction of sp³-hybridized carbons (Fsp3) is 0.657. The summed E-state index contributed by atoms with van der Waals surface area (Å²) in [6, 6.07) is 19.9. The highest BCUT2D eigenvalue weighted by atomic mass is 28.3. The Kier molecular flexibility index (Phi) is 10.1. The lowest BCUT2D eigenvalue weighted by atomic mass is 9.34. The van der Waals surface area contributed by atoms with Gasteiger partial charge in [0.25, 0.3) is 9.04 Å². The molecule has 1 radical (unpaired) electrons. The van der Waals surface area contributed by atoms with E-state index in [1.807, 2.05) is 0 Å². The van der Waals surface area contributed by atoms with E-state index in [1.165, 1.54) is 113 Å². The van der Waals surface area contributed by atoms with Crippen molar-refractivity contribution in [1.82, 2.24) is 0 Å². The van der Waals surface area contributed by atoms with Crippen LogP contribution in [0.3, 0.4) is 0 Å². The van der Waals surface area contributed by atoms with Gasteiger partial charge in [0.05, 0.1) is 0 Å². The largest absolute Gasteiger partial charge is 0.411 e. The molecule has 0 saturated heterocycles. The van der Waals surface area contributed by atoms with Crippen LogP contribution in [0.5, 0.6) is 0 Å². The zero-order valence-corrected chi connectivity index (χ0v) is 25.4. The number of rotatable bonds is 17. The Hall–Kier alpha value is -1.38. The molecule has 2 aromatic rings. The summed E-state index contributed by atoms with van der Waals surface area (Å²) in [5.41, 5.74) is 3.86. The number of benzene rings is 2. The Morgan fingerprint density at radius 1 is 0.676 bits per heavy atom. The molecule has 2 aromatic carbocycles. The summed E-state index contributed by atoms with van der Waals surface area (Å²) in [6.07, 6.45) is 21.7. The van der Waals surface area contributed by atoms with Crippen molar-refractivity contribution in [2.45, 2.75) is 129 Å². The third-order valence-corrected chi connectivity index (χ3v) is 11.7. The Morgan fingerprint density at radius 3 is 1.81 bits per heavy atom. The summed E-state index contributed by atoms with van der Waals surface area (Å²) in [7, 11) is -1.16. The summed E-state index contributed by atoms with van der Waals surface area (Å²) in [5.74, 6) is 0. The van der Waals surface area contributed by atoms with E-state index in [-0.39, 0.29) is 5.04 Å². The number of hydrogen-bond donors (Lipinski definition) is 0. The van der Waals surface area contributed by atoms with Crippen molar-refractivity contribution in [3.63, 3.8) is 0 Å². The predicted octanol–water partition coefficient (Wildman–Crippen LogP) is 10.2. The molecule has 0 spiro atoms. The van der Waals surface area contributed by atoms with Crippen molar-refractivity contribution in [3.8, 4) is 11.1 Å². The topological polar surface area (TPSA) is 9.23 Å². The fourth-order valence-electron chi connectivity index (χ4n) is 7.29. The SMILES string of the molecule is CCCCCCCCCCCCCC12CC(CO[Si](c3ccccc3-c3ccccc3)C(C)(C)C)(C1)C2. The van der Waals surface area contributed by atoms with Crippen LogP contribution in [0.4, 0.5) is 0 Å². The highest BCUT2D eigenvalue weighted by Gasteiger charge is 2.66. The lowest BCUT2D eigenvalue weighted by Gasteiger charge is -2.71. The smallest absolute Gasteiger partial charge is 0.253 e. The fourth-order valence-corrected chi connectivity index (χ4v) is 9.85. The van der Waals surface area contributed by atoms with Gasteiger partial charge in [-0.25, -0.2) is 0 Å². The maximum absolute atomic E-state index is 6.96. The molecule has 2 bridgehead atoms. The first kappa shape index (κ1) is 28.6. The van der Waals surface area contributed by atoms with Gasteiger partial charge in [0.1, 0.15) is 0 Å². The van der Waals surface area contributed by atoms with Crippen molar-refractivity contribution in [1.29, 1.82) is 0 Å². The van der Waals surface area contributed by atoms with Gasteiger partial charge in [-0.05, 0) is 57.9 Å². The first-order valence-electron chi connectivity index (χ1n) is 15.5. The molecule has 203 valence electrons. The standard InChI is InChI=1S/C35H53OSi/c1-5-6-7-8-9-10-11-12-13-14-20-25-34-26-35(27-34,28-34)29-36-37(33(2,3)4)32-24-19-18-23-31(32)30-21-16-15-17-22-30/h15-19,21-24H,5-14,20,25-29H2,1-4H3. The minimum Gasteiger partial charge on any atom is -0.411 e. The molecule has 0 N–H and O–H groups in total. The van der Waals surface area contributed by atoms with Crippen LogP contribution in [-0.4, -0.2) is 15.6 Å². The van der Waals surface area contributed by atoms with E-state index in [2.05, 4.69) is 82.3 Å². The minimum absolute atomic E-state index is 0.159. The second kappa shape index (κ2) is 13.1. The van der Waals surface area contributed by atoms with Gasteiger partial charge < -0.3 is 4.43 Å². The predicted molar refractivity (Wildman–Crippen MR) is 163 cm³/mol. The van der Waals surface area contributed by atoms with Gasteiger partial charge >= 0.3 is 0 Å². The van der Waals surface area contributed by atoms with Gasteiger partial charge in [-0.3, -0.25) is 0 Å². The molecule has 3 saturated carbocycles. The summed E-state index contributed by atoms with van der Waals surface area (Å²) < 4.78 is 6.96. The van der Waals surface area contributed by atoms with Crippen molar-refractivity contribution in [3.05, 3.63) is 54.6 Å². The average molecular weight is 518 g/mol. The molecule has 1 nitrogen and oxygen atoms in total. The van der Waals surface area contributed by atoms with E-state index in [1.54, 1.807) is 0 Å². The highest BCUT2D eigenvalue weighted by molar-refractivity contribution is 6.71. The molecule has 0 aliphatic heterocycles. The van der Waals surface area contributed by atoms with Crippen molar-refractivity contribution >= 4 is 14.2 Å². The van der Waals surface area contributed by atoms with Crippen LogP contribution in [-0.2, 0) is 4.43 Å². The maximum atomic E-state index is 6.96. The van der Waals surface area contributed by atoms with Crippen LogP contribution in [0.25, 0.3) is 11.1 Å². The van der Waals surface area contributed by atoms with Gasteiger partial charge in [-0.2, -0.15) is 0 Å². The van der Waals surface area contributed by atoms with Gasteiger partial charge in [-0.15, -0.1) is 0 Å². The first-order valence-corrected chi connectivity index (χ1v) is 16.9. The van der Waals surface area contributed by atoms with Crippen LogP contribution in [0.1, 0.15) is 124 Å². The number of hydrogen-bond acceptors (Lipinski definition) is 1. The van der Waals surface area contributed by atoms with Crippen molar-refractivity contribution < 1.29 is 4.43 Å². The van der Waals surface area contributed by atoms with Gasteiger partial charge in [0.15, 0.2) is 0 Å². The maximum Gasteiger partial charge on any atom is 0.253 e. The Bertz CT molecular complexity index is 923. The van der Waals surface area contributed by atoms with Crippen molar-refractivity contribution in [2.75, 3.05) is 6.61 Å². The first-order chi connectivity index (χ1) is 17.9. The van der Waals surface area contributed by atoms with Crippen LogP contribution in [0.15, 0.2) is 54.6 Å². The lowest BCUT2D eigenvalue weighted by molar-refractivity contribution is -0.223. The van der Waals surface area contributed by atoms with E-state index in [0.717, 1.165) is 6.61 Å². The second-order valence-electron chi connectivity index (χ2n) is 13.6. The summed E-state index contributed by atoms with van der Waals surface area (Å²) in [5, 5.41) is 1.60. The average Bonchev–Trinajstić information content (AvgIpc) is 2.84. The van der Waals surface area contributed by atoms with Crippen molar-refractivity contribution in [2.24, 2.45) is 10.8 Å². The third kappa shape index (κ3) is 7.60. The number of unbranched alkanes of at least 4 members (excludes halogenated alkanes) is 10. The van der Waals surface area contributed by atoms with Gasteiger partial charge in [0.2, 0.25) is 0 Å². The molecule has 0 unspecified atom stereocenters. The minimum atomic E-state index is -1.16. The monoisotopic (exact) mass is 517 g/mol. The molecule has 3 aliphatic carbocycles. The van der Waals surface area contributed by atoms with Crippen LogP contribution < -0.4 is 5.19 Å². The van der Waals surface area contributed by atoms with E-state index in [0.29, 0.717) is 10.8 Å². The summed E-state index contributed by atoms with van der Waals surface area (Å²) in [6.45, 7) is 10.4. The highest BCUT2D eigenvalue weighted by Crippen LogP contribution is 2.75. The summed E-state index contributed by atoms with van der Waals surface area (Å²) in [4.78, 5) is 0. The van der Waals surface area contributed by atoms with Crippen LogP contribution >= 0.6 is 0 Å². The Balaban J connectivity index is 1.18. The Labute approximate surface area is 230 Å². The zero-order valence-electron chi connectivity index (χ0n) is 24.4. The third-order valence-electron chi connectivity index (χ3n) is 9.02. The molecule has 0 atom stereocenters. The van der Waals surface area contributed by atoms with Crippen LogP contribution in [0, 0.1) is 10.8 Å². The Morgan fingerprint density at radius 2 is 1.22 bits per heavy atom. The van der Waals surface area contributed by atoms with Crippen LogP contribution in [0.2, 0.25) is 5.04 Å². The molecular weight excluding hydrogens is 464 g/mol. The molecule has 3 fully saturated rings. The molecule has 2 heteroatoms. The molecular formula is C35H53OSi. The second-order valence-corrected chi connectivity index (χ2v) is 16.6. The van der Waals surface area contributed by atoms with E-state index in [4.69, 9.17) is 4.43 Å². The molecule has 0 amide bonds. The van der Waals surface area contributed by atoms with E-state index < -0.39 is 9.04 Å². The molecule has 37 heavy (non-hydrogen) atoms. The van der Waals surface area contributed by atoms with Gasteiger partial charge in [0, 0.05) is 6.61 Å². The summed E-state index contributed by atoms with van der Waals surface area (Å²) >= 11 is 0. The van der Waals surface area contributed by atoms with E-state index in [9.17, 15) is 0 Å². The van der Waals surface area contributed by atoms with E-state index >= 15 is 0 Å². The van der Waals surface area contributed by atoms with Gasteiger partial charge in [-0.1, -0.05) is 153 Å².